The van der Waals surface area contributed by atoms with Gasteiger partial charge in [0.25, 0.3) is 0 Å². The van der Waals surface area contributed by atoms with Crippen molar-refractivity contribution in [2.45, 2.75) is 45.6 Å². The fourth-order valence-corrected chi connectivity index (χ4v) is 1.98. The van der Waals surface area contributed by atoms with E-state index in [1.165, 1.54) is 0 Å². The molecule has 2 aromatic rings. The second kappa shape index (κ2) is 7.52. The van der Waals surface area contributed by atoms with Crippen LogP contribution in [0.4, 0.5) is 0 Å². The molecule has 0 unspecified atom stereocenters. The quantitative estimate of drug-likeness (QED) is 0.846. The van der Waals surface area contributed by atoms with Crippen molar-refractivity contribution in [1.29, 1.82) is 0 Å². The number of nitrogens with one attached hydrogen (secondary N) is 1. The van der Waals surface area contributed by atoms with Gasteiger partial charge in [-0.25, -0.2) is 0 Å². The lowest BCUT2D eigenvalue weighted by Gasteiger charge is -2.13. The van der Waals surface area contributed by atoms with Crippen molar-refractivity contribution in [3.63, 3.8) is 0 Å². The summed E-state index contributed by atoms with van der Waals surface area (Å²) in [7, 11) is 0. The molecular formula is C15H20N4O2. The highest BCUT2D eigenvalue weighted by molar-refractivity contribution is 5.76. The molecule has 2 rings (SSSR count). The van der Waals surface area contributed by atoms with Gasteiger partial charge in [0.05, 0.1) is 0 Å². The Morgan fingerprint density at radius 2 is 2.19 bits per heavy atom. The molecule has 0 radical (unpaired) electrons. The van der Waals surface area contributed by atoms with Crippen LogP contribution in [-0.4, -0.2) is 27.1 Å². The number of hydrogen-bond acceptors (Lipinski definition) is 5. The minimum atomic E-state index is 0.0184. The fraction of sp³-hybridized carbons (Fsp3) is 0.467. The monoisotopic (exact) mass is 288 g/mol. The summed E-state index contributed by atoms with van der Waals surface area (Å²) >= 11 is 0. The average molecular weight is 288 g/mol. The Morgan fingerprint density at radius 1 is 1.38 bits per heavy atom. The molecule has 1 amide bonds. The van der Waals surface area contributed by atoms with Crippen molar-refractivity contribution in [2.24, 2.45) is 0 Å². The third-order valence-electron chi connectivity index (χ3n) is 3.30. The first-order valence-electron chi connectivity index (χ1n) is 7.25. The van der Waals surface area contributed by atoms with E-state index < -0.39 is 0 Å². The third kappa shape index (κ3) is 4.37. The fourth-order valence-electron chi connectivity index (χ4n) is 1.98. The van der Waals surface area contributed by atoms with Crippen molar-refractivity contribution in [3.8, 4) is 11.4 Å². The number of hydrogen-bond donors (Lipinski definition) is 1. The Morgan fingerprint density at radius 3 is 2.86 bits per heavy atom. The van der Waals surface area contributed by atoms with Crippen LogP contribution in [0, 0.1) is 0 Å². The highest BCUT2D eigenvalue weighted by Crippen LogP contribution is 2.14. The molecule has 6 nitrogen and oxygen atoms in total. The number of pyridine rings is 1. The maximum atomic E-state index is 11.8. The average Bonchev–Trinajstić information content (AvgIpc) is 3.00. The van der Waals surface area contributed by atoms with Gasteiger partial charge in [0, 0.05) is 36.8 Å². The number of aryl methyl sites for hydroxylation is 1. The Balaban J connectivity index is 1.87. The minimum Gasteiger partial charge on any atom is -0.353 e. The van der Waals surface area contributed by atoms with Gasteiger partial charge < -0.3 is 9.84 Å². The summed E-state index contributed by atoms with van der Waals surface area (Å²) in [6.07, 6.45) is 6.04. The topological polar surface area (TPSA) is 80.9 Å². The zero-order valence-corrected chi connectivity index (χ0v) is 12.4. The normalized spacial score (nSPS) is 10.8. The molecular weight excluding hydrogens is 268 g/mol. The number of aromatic nitrogens is 3. The van der Waals surface area contributed by atoms with E-state index in [4.69, 9.17) is 4.52 Å². The molecule has 0 fully saturated rings. The van der Waals surface area contributed by atoms with Crippen LogP contribution in [0.2, 0.25) is 0 Å². The third-order valence-corrected chi connectivity index (χ3v) is 3.30. The summed E-state index contributed by atoms with van der Waals surface area (Å²) < 4.78 is 5.16. The molecule has 0 aliphatic rings. The zero-order valence-electron chi connectivity index (χ0n) is 12.4. The highest BCUT2D eigenvalue weighted by Gasteiger charge is 2.12. The van der Waals surface area contributed by atoms with Crippen molar-refractivity contribution in [3.05, 3.63) is 30.4 Å². The van der Waals surface area contributed by atoms with E-state index in [-0.39, 0.29) is 11.9 Å². The molecule has 0 atom stereocenters. The molecule has 2 heterocycles. The summed E-state index contributed by atoms with van der Waals surface area (Å²) in [6, 6.07) is 3.92. The van der Waals surface area contributed by atoms with Crippen LogP contribution >= 0.6 is 0 Å². The molecule has 0 aromatic carbocycles. The summed E-state index contributed by atoms with van der Waals surface area (Å²) in [6.45, 7) is 4.12. The summed E-state index contributed by atoms with van der Waals surface area (Å²) in [4.78, 5) is 20.1. The Labute approximate surface area is 124 Å². The van der Waals surface area contributed by atoms with Gasteiger partial charge in [-0.05, 0) is 25.0 Å². The smallest absolute Gasteiger partial charge is 0.227 e. The van der Waals surface area contributed by atoms with E-state index in [1.807, 2.05) is 12.1 Å². The number of carbonyl (C=O) groups excluding carboxylic acids is 1. The minimum absolute atomic E-state index is 0.0184. The lowest BCUT2D eigenvalue weighted by atomic mass is 10.1. The molecule has 0 saturated heterocycles. The predicted molar refractivity (Wildman–Crippen MR) is 78.4 cm³/mol. The van der Waals surface area contributed by atoms with Crippen molar-refractivity contribution in [2.75, 3.05) is 0 Å². The lowest BCUT2D eigenvalue weighted by Crippen LogP contribution is -2.33. The number of carbonyl (C=O) groups is 1. The first-order chi connectivity index (χ1) is 10.2. The lowest BCUT2D eigenvalue weighted by molar-refractivity contribution is -0.121. The van der Waals surface area contributed by atoms with Gasteiger partial charge in [-0.1, -0.05) is 19.0 Å². The summed E-state index contributed by atoms with van der Waals surface area (Å²) in [5.41, 5.74) is 0.800. The predicted octanol–water partition coefficient (Wildman–Crippen LogP) is 2.37. The van der Waals surface area contributed by atoms with Crippen LogP contribution in [0.25, 0.3) is 11.4 Å². The molecule has 0 aliphatic heterocycles. The number of nitrogens with zero attached hydrogens (tertiary/aromatic N) is 3. The Hall–Kier alpha value is -2.24. The van der Waals surface area contributed by atoms with Gasteiger partial charge in [0.15, 0.2) is 0 Å². The standard InChI is InChI=1S/C15H20N4O2/c1-3-12(4-2)17-13(20)7-8-14-18-15(19-21-14)11-6-5-9-16-10-11/h5-6,9-10,12H,3-4,7-8H2,1-2H3,(H,17,20). The van der Waals surface area contributed by atoms with Gasteiger partial charge in [-0.15, -0.1) is 0 Å². The second-order valence-electron chi connectivity index (χ2n) is 4.83. The van der Waals surface area contributed by atoms with E-state index in [1.54, 1.807) is 12.4 Å². The van der Waals surface area contributed by atoms with Crippen LogP contribution in [0.1, 0.15) is 39.0 Å². The molecule has 6 heteroatoms. The molecule has 112 valence electrons. The van der Waals surface area contributed by atoms with Gasteiger partial charge in [0.1, 0.15) is 0 Å². The number of amides is 1. The van der Waals surface area contributed by atoms with E-state index in [0.717, 1.165) is 18.4 Å². The largest absolute Gasteiger partial charge is 0.353 e. The summed E-state index contributed by atoms with van der Waals surface area (Å²) in [5.74, 6) is 0.983. The van der Waals surface area contributed by atoms with Crippen LogP contribution in [0.5, 0.6) is 0 Å². The maximum Gasteiger partial charge on any atom is 0.227 e. The van der Waals surface area contributed by atoms with Gasteiger partial charge >= 0.3 is 0 Å². The SMILES string of the molecule is CCC(CC)NC(=O)CCc1nc(-c2cccnc2)no1. The molecule has 0 bridgehead atoms. The first kappa shape index (κ1) is 15.2. The summed E-state index contributed by atoms with van der Waals surface area (Å²) in [5, 5.41) is 6.89. The molecule has 0 saturated carbocycles. The van der Waals surface area contributed by atoms with E-state index in [9.17, 15) is 4.79 Å². The maximum absolute atomic E-state index is 11.8. The van der Waals surface area contributed by atoms with Gasteiger partial charge in [0.2, 0.25) is 17.6 Å². The van der Waals surface area contributed by atoms with E-state index >= 15 is 0 Å². The number of rotatable bonds is 7. The second-order valence-corrected chi connectivity index (χ2v) is 4.83. The van der Waals surface area contributed by atoms with Gasteiger partial charge in [-0.2, -0.15) is 4.98 Å². The first-order valence-corrected chi connectivity index (χ1v) is 7.25. The van der Waals surface area contributed by atoms with E-state index in [2.05, 4.69) is 34.3 Å². The van der Waals surface area contributed by atoms with Crippen LogP contribution in [0.3, 0.4) is 0 Å². The molecule has 1 N–H and O–H groups in total. The Bertz CT molecular complexity index is 564. The van der Waals surface area contributed by atoms with E-state index in [0.29, 0.717) is 24.6 Å². The molecule has 2 aromatic heterocycles. The van der Waals surface area contributed by atoms with Crippen LogP contribution < -0.4 is 5.32 Å². The van der Waals surface area contributed by atoms with Gasteiger partial charge in [-0.3, -0.25) is 9.78 Å². The van der Waals surface area contributed by atoms with Crippen molar-refractivity contribution < 1.29 is 9.32 Å². The molecule has 21 heavy (non-hydrogen) atoms. The van der Waals surface area contributed by atoms with Crippen molar-refractivity contribution in [1.82, 2.24) is 20.4 Å². The zero-order chi connectivity index (χ0) is 15.1. The van der Waals surface area contributed by atoms with Crippen LogP contribution in [-0.2, 0) is 11.2 Å². The molecule has 0 aliphatic carbocycles. The Kier molecular flexibility index (Phi) is 5.43. The van der Waals surface area contributed by atoms with Crippen LogP contribution in [0.15, 0.2) is 29.0 Å². The molecule has 0 spiro atoms. The highest BCUT2D eigenvalue weighted by atomic mass is 16.5. The van der Waals surface area contributed by atoms with Crippen molar-refractivity contribution >= 4 is 5.91 Å².